The summed E-state index contributed by atoms with van der Waals surface area (Å²) in [6.07, 6.45) is 10.7. The molecule has 0 radical (unpaired) electrons. The molecule has 0 aliphatic heterocycles. The molecule has 0 bridgehead atoms. The lowest BCUT2D eigenvalue weighted by molar-refractivity contribution is 0.480. The molecule has 16 heteroatoms. The molecule has 234 valence electrons. The van der Waals surface area contributed by atoms with E-state index >= 15 is 0 Å². The van der Waals surface area contributed by atoms with Crippen molar-refractivity contribution in [3.05, 3.63) is 11.1 Å². The van der Waals surface area contributed by atoms with Gasteiger partial charge in [0.25, 0.3) is 0 Å². The van der Waals surface area contributed by atoms with E-state index in [2.05, 4.69) is 10.2 Å². The Kier molecular flexibility index (Phi) is 14.1. The van der Waals surface area contributed by atoms with E-state index in [4.69, 9.17) is 0 Å². The topological polar surface area (TPSA) is 206 Å². The highest BCUT2D eigenvalue weighted by Gasteiger charge is 2.42. The molecule has 0 aromatic heterocycles. The van der Waals surface area contributed by atoms with Gasteiger partial charge in [-0.25, -0.2) is 33.7 Å². The zero-order valence-corrected chi connectivity index (χ0v) is 26.4. The van der Waals surface area contributed by atoms with Gasteiger partial charge >= 0.3 is 0 Å². The maximum atomic E-state index is 12.7. The molecule has 0 aromatic rings. The minimum atomic E-state index is -4.16. The average Bonchev–Trinajstić information content (AvgIpc) is 2.90. The first-order chi connectivity index (χ1) is 18.8. The molecule has 2 atom stereocenters. The first kappa shape index (κ1) is 35.2. The molecule has 0 saturated heterocycles. The van der Waals surface area contributed by atoms with Crippen molar-refractivity contribution in [3.8, 4) is 0 Å². The van der Waals surface area contributed by atoms with Crippen LogP contribution in [0.3, 0.4) is 0 Å². The van der Waals surface area contributed by atoms with Gasteiger partial charge < -0.3 is 21.3 Å². The Morgan fingerprint density at radius 2 is 0.750 bits per heavy atom. The van der Waals surface area contributed by atoms with Crippen molar-refractivity contribution in [2.75, 3.05) is 11.5 Å². The summed E-state index contributed by atoms with van der Waals surface area (Å²) in [5, 5.41) is 3.94. The highest BCUT2D eigenvalue weighted by Crippen LogP contribution is 2.31. The van der Waals surface area contributed by atoms with E-state index in [0.717, 1.165) is 25.7 Å². The third-order valence-corrected chi connectivity index (χ3v) is 18.6. The maximum absolute atomic E-state index is 12.7. The summed E-state index contributed by atoms with van der Waals surface area (Å²) in [5.41, 5.74) is 18.5. The fourth-order valence-electron chi connectivity index (χ4n) is 5.67. The Morgan fingerprint density at radius 3 is 1.02 bits per heavy atom. The molecular formula is C24H44N4O8S4-2. The Labute approximate surface area is 240 Å². The van der Waals surface area contributed by atoms with E-state index in [1.165, 1.54) is 0 Å². The van der Waals surface area contributed by atoms with Gasteiger partial charge in [0.05, 0.1) is 22.0 Å². The first-order valence-corrected chi connectivity index (χ1v) is 21.0. The second kappa shape index (κ2) is 16.0. The molecule has 0 N–H and O–H groups in total. The van der Waals surface area contributed by atoms with Gasteiger partial charge in [0.2, 0.25) is 9.41 Å². The Morgan fingerprint density at radius 1 is 0.475 bits per heavy atom. The summed E-state index contributed by atoms with van der Waals surface area (Å²) in [6.45, 7) is 0. The predicted molar refractivity (Wildman–Crippen MR) is 155 cm³/mol. The molecule has 2 aliphatic carbocycles. The summed E-state index contributed by atoms with van der Waals surface area (Å²) in [4.78, 5) is 0. The molecule has 2 saturated carbocycles. The van der Waals surface area contributed by atoms with E-state index in [1.54, 1.807) is 0 Å². The number of rotatable bonds is 19. The molecule has 2 unspecified atom stereocenters. The van der Waals surface area contributed by atoms with E-state index in [0.29, 0.717) is 77.0 Å². The van der Waals surface area contributed by atoms with Crippen LogP contribution >= 0.6 is 0 Å². The molecule has 0 aromatic carbocycles. The van der Waals surface area contributed by atoms with E-state index in [9.17, 15) is 44.7 Å². The van der Waals surface area contributed by atoms with Gasteiger partial charge in [0, 0.05) is 0 Å². The van der Waals surface area contributed by atoms with Gasteiger partial charge in [0.15, 0.2) is 39.3 Å². The van der Waals surface area contributed by atoms with Crippen LogP contribution in [0.2, 0.25) is 0 Å². The molecule has 40 heavy (non-hydrogen) atoms. The van der Waals surface area contributed by atoms with Crippen LogP contribution in [0.5, 0.6) is 0 Å². The number of unbranched alkanes of at least 4 members (excludes halogenated alkanes) is 7. The van der Waals surface area contributed by atoms with Crippen LogP contribution in [-0.2, 0) is 39.3 Å². The van der Waals surface area contributed by atoms with Crippen LogP contribution in [0.15, 0.2) is 10.2 Å². The summed E-state index contributed by atoms with van der Waals surface area (Å²) < 4.78 is 97.2. The Bertz CT molecular complexity index is 1140. The number of sulfone groups is 4. The quantitative estimate of drug-likeness (QED) is 0.137. The normalized spacial score (nSPS) is 20.1. The second-order valence-electron chi connectivity index (χ2n) is 11.1. The van der Waals surface area contributed by atoms with E-state index < -0.39 is 59.3 Å². The molecule has 2 aliphatic rings. The summed E-state index contributed by atoms with van der Waals surface area (Å²) in [5.74, 6) is -0.765. The SMILES string of the molecule is [N-]=NC(S(=O)(=O)CCCCCCCCCCS(=O)(=O)C(N=[N-])S(=O)(=O)C1CCCCC1)S(=O)(=O)C1CCCCC1. The largest absolute Gasteiger partial charge is 0.710 e. The Hall–Kier alpha value is -1.00. The van der Waals surface area contributed by atoms with Gasteiger partial charge in [-0.1, -0.05) is 77.0 Å². The third kappa shape index (κ3) is 9.79. The minimum Gasteiger partial charge on any atom is -0.710 e. The van der Waals surface area contributed by atoms with E-state index in [-0.39, 0.29) is 24.3 Å². The molecule has 0 amide bonds. The lowest BCUT2D eigenvalue weighted by Crippen LogP contribution is -2.38. The second-order valence-corrected chi connectivity index (χ2v) is 20.6. The van der Waals surface area contributed by atoms with Crippen molar-refractivity contribution in [1.82, 2.24) is 0 Å². The highest BCUT2D eigenvalue weighted by atomic mass is 32.3. The van der Waals surface area contributed by atoms with Crippen LogP contribution in [-0.4, -0.2) is 65.1 Å². The predicted octanol–water partition coefficient (Wildman–Crippen LogP) is 5.04. The monoisotopic (exact) mass is 644 g/mol. The Balaban J connectivity index is 1.67. The van der Waals surface area contributed by atoms with Gasteiger partial charge in [-0.15, -0.1) is 0 Å². The molecule has 12 nitrogen and oxygen atoms in total. The van der Waals surface area contributed by atoms with E-state index in [1.807, 2.05) is 0 Å². The number of hydrogen-bond acceptors (Lipinski definition) is 10. The van der Waals surface area contributed by atoms with Crippen molar-refractivity contribution in [3.63, 3.8) is 0 Å². The highest BCUT2D eigenvalue weighted by molar-refractivity contribution is 8.09. The molecule has 2 fully saturated rings. The maximum Gasteiger partial charge on any atom is 0.232 e. The van der Waals surface area contributed by atoms with Gasteiger partial charge in [0.1, 0.15) is 0 Å². The molecule has 0 heterocycles. The fraction of sp³-hybridized carbons (Fsp3) is 1.00. The number of hydrogen-bond donors (Lipinski definition) is 0. The zero-order valence-electron chi connectivity index (χ0n) is 23.1. The van der Waals surface area contributed by atoms with Crippen LogP contribution in [0.4, 0.5) is 0 Å². The summed E-state index contributed by atoms with van der Waals surface area (Å²) >= 11 is 0. The summed E-state index contributed by atoms with van der Waals surface area (Å²) in [7, 11) is -16.6. The van der Waals surface area contributed by atoms with Gasteiger partial charge in [-0.2, -0.15) is 0 Å². The lowest BCUT2D eigenvalue weighted by Gasteiger charge is -2.26. The molecule has 2 rings (SSSR count). The van der Waals surface area contributed by atoms with Crippen molar-refractivity contribution in [2.45, 2.75) is 135 Å². The smallest absolute Gasteiger partial charge is 0.232 e. The lowest BCUT2D eigenvalue weighted by atomic mass is 10.0. The summed E-state index contributed by atoms with van der Waals surface area (Å²) in [6, 6.07) is 0. The number of nitrogens with zero attached hydrogens (tertiary/aromatic N) is 4. The minimum absolute atomic E-state index is 0.244. The van der Waals surface area contributed by atoms with Crippen LogP contribution in [0, 0.1) is 0 Å². The third-order valence-electron chi connectivity index (χ3n) is 8.01. The van der Waals surface area contributed by atoms with Crippen molar-refractivity contribution in [1.29, 1.82) is 0 Å². The van der Waals surface area contributed by atoms with Crippen LogP contribution in [0.25, 0.3) is 11.1 Å². The van der Waals surface area contributed by atoms with Crippen LogP contribution in [0.1, 0.15) is 116 Å². The van der Waals surface area contributed by atoms with Crippen molar-refractivity contribution < 1.29 is 33.7 Å². The zero-order chi connectivity index (χ0) is 29.9. The van der Waals surface area contributed by atoms with Gasteiger partial charge in [-0.05, 0) is 38.5 Å². The van der Waals surface area contributed by atoms with Crippen LogP contribution < -0.4 is 0 Å². The van der Waals surface area contributed by atoms with Crippen molar-refractivity contribution >= 4 is 39.3 Å². The standard InChI is InChI=1S/C24H44N4O8S4/c25-27-23(39(33,34)21-15-9-7-10-16-21)37(29,30)19-13-5-3-1-2-4-6-14-20-38(31,32)24(28-26)40(35,36)22-17-11-8-12-18-22/h21-24H,1-20H2/q-2. The first-order valence-electron chi connectivity index (χ1n) is 14.4. The molecule has 0 spiro atoms. The average molecular weight is 645 g/mol. The van der Waals surface area contributed by atoms with Crippen molar-refractivity contribution in [2.24, 2.45) is 10.2 Å². The fourth-order valence-corrected chi connectivity index (χ4v) is 15.3. The molecular weight excluding hydrogens is 601 g/mol. The van der Waals surface area contributed by atoms with Gasteiger partial charge in [-0.3, -0.25) is 0 Å².